The van der Waals surface area contributed by atoms with Crippen molar-refractivity contribution >= 4 is 11.9 Å². The summed E-state index contributed by atoms with van der Waals surface area (Å²) in [5.74, 6) is -5.50. The van der Waals surface area contributed by atoms with Gasteiger partial charge in [0.05, 0.1) is 26.3 Å². The van der Waals surface area contributed by atoms with Gasteiger partial charge in [0.25, 0.3) is 0 Å². The lowest BCUT2D eigenvalue weighted by atomic mass is 10.3. The molecule has 0 spiro atoms. The van der Waals surface area contributed by atoms with Crippen molar-refractivity contribution in [1.29, 1.82) is 0 Å². The van der Waals surface area contributed by atoms with E-state index in [1.54, 1.807) is 0 Å². The predicted octanol–water partition coefficient (Wildman–Crippen LogP) is -3.00. The van der Waals surface area contributed by atoms with Crippen molar-refractivity contribution in [2.24, 2.45) is 0 Å². The molecule has 0 aliphatic carbocycles. The number of hydrogen-bond acceptors (Lipinski definition) is 10. The maximum atomic E-state index is 12.9. The maximum Gasteiger partial charge on any atom is 0.378 e. The summed E-state index contributed by atoms with van der Waals surface area (Å²) in [4.78, 5) is 62.4. The van der Waals surface area contributed by atoms with Crippen LogP contribution < -0.4 is 17.1 Å². The number of aliphatic hydroxyl groups excluding tert-OH is 3. The molecule has 1 aromatic heterocycles. The molecule has 30 heavy (non-hydrogen) atoms. The Morgan fingerprint density at radius 1 is 0.833 bits per heavy atom. The number of rotatable bonds is 10. The predicted molar refractivity (Wildman–Crippen MR) is 100 cm³/mol. The Bertz CT molecular complexity index is 957. The quantitative estimate of drug-likeness (QED) is 0.197. The van der Waals surface area contributed by atoms with E-state index in [-0.39, 0.29) is 15.7 Å². The lowest BCUT2D eigenvalue weighted by Gasteiger charge is -2.32. The third-order valence-electron chi connectivity index (χ3n) is 3.70. The van der Waals surface area contributed by atoms with Crippen LogP contribution in [0.1, 0.15) is 13.8 Å². The van der Waals surface area contributed by atoms with E-state index in [0.717, 1.165) is 0 Å². The summed E-state index contributed by atoms with van der Waals surface area (Å²) in [6.07, 6.45) is 0. The molecule has 0 bridgehead atoms. The third-order valence-corrected chi connectivity index (χ3v) is 3.70. The molecule has 0 saturated heterocycles. The van der Waals surface area contributed by atoms with E-state index in [1.807, 2.05) is 0 Å². The van der Waals surface area contributed by atoms with E-state index in [0.29, 0.717) is 9.13 Å². The molecule has 0 amide bonds. The van der Waals surface area contributed by atoms with Crippen molar-refractivity contribution in [3.8, 4) is 0 Å². The Balaban J connectivity index is 4.05. The van der Waals surface area contributed by atoms with Crippen molar-refractivity contribution in [3.63, 3.8) is 0 Å². The first-order valence-corrected chi connectivity index (χ1v) is 8.54. The van der Waals surface area contributed by atoms with Gasteiger partial charge in [0, 0.05) is 11.1 Å². The Labute approximate surface area is 169 Å². The molecule has 0 saturated carbocycles. The number of carbonyl (C=O) groups is 2. The van der Waals surface area contributed by atoms with Crippen LogP contribution in [0, 0.1) is 0 Å². The van der Waals surface area contributed by atoms with Gasteiger partial charge in [-0.2, -0.15) is 4.57 Å². The fraction of sp³-hybridized carbons (Fsp3) is 0.471. The van der Waals surface area contributed by atoms with Crippen molar-refractivity contribution in [2.75, 3.05) is 19.8 Å². The molecule has 166 valence electrons. The highest BCUT2D eigenvalue weighted by molar-refractivity contribution is 5.88. The molecule has 13 heteroatoms. The van der Waals surface area contributed by atoms with Gasteiger partial charge in [-0.15, -0.1) is 0 Å². The number of aliphatic hydroxyl groups is 3. The van der Waals surface area contributed by atoms with E-state index in [4.69, 9.17) is 19.7 Å². The van der Waals surface area contributed by atoms with E-state index in [9.17, 15) is 29.1 Å². The fourth-order valence-electron chi connectivity index (χ4n) is 2.22. The van der Waals surface area contributed by atoms with Gasteiger partial charge < -0.3 is 24.8 Å². The molecule has 0 aliphatic rings. The number of carbonyl (C=O) groups excluding carboxylic acids is 2. The summed E-state index contributed by atoms with van der Waals surface area (Å²) in [7, 11) is 0. The maximum absolute atomic E-state index is 12.9. The number of esters is 2. The number of hydrogen-bond donors (Lipinski definition) is 3. The van der Waals surface area contributed by atoms with Gasteiger partial charge in [-0.1, -0.05) is 13.2 Å². The van der Waals surface area contributed by atoms with Crippen LogP contribution in [0.15, 0.2) is 38.7 Å². The first-order valence-electron chi connectivity index (χ1n) is 8.54. The minimum atomic E-state index is -3.03. The highest BCUT2D eigenvalue weighted by atomic mass is 16.8. The van der Waals surface area contributed by atoms with Gasteiger partial charge in [0.15, 0.2) is 0 Å². The molecule has 3 N–H and O–H groups in total. The summed E-state index contributed by atoms with van der Waals surface area (Å²) in [6, 6.07) is 0. The van der Waals surface area contributed by atoms with Crippen LogP contribution in [0.4, 0.5) is 0 Å². The smallest absolute Gasteiger partial charge is 0.378 e. The minimum Gasteiger partial charge on any atom is -0.398 e. The lowest BCUT2D eigenvalue weighted by molar-refractivity contribution is -0.280. The second-order valence-electron chi connectivity index (χ2n) is 6.14. The third kappa shape index (κ3) is 4.82. The molecule has 1 heterocycles. The van der Waals surface area contributed by atoms with Crippen molar-refractivity contribution in [1.82, 2.24) is 13.7 Å². The first-order chi connectivity index (χ1) is 14.0. The average Bonchev–Trinajstić information content (AvgIpc) is 2.67. The van der Waals surface area contributed by atoms with Gasteiger partial charge in [-0.3, -0.25) is 0 Å². The van der Waals surface area contributed by atoms with Crippen LogP contribution in [0.25, 0.3) is 0 Å². The standard InChI is InChI=1S/C17H23N3O10/c1-10(2)12(24)29-17(9-23,30-13(25)11(3)4)20-15(27)18(5-7-21)14(26)19(6-8-22)16(20)28/h21-23H,1,3,5-9H2,2,4H3. The molecular weight excluding hydrogens is 406 g/mol. The average molecular weight is 429 g/mol. The molecule has 0 fully saturated rings. The van der Waals surface area contributed by atoms with Gasteiger partial charge in [0.1, 0.15) is 6.61 Å². The largest absolute Gasteiger partial charge is 0.398 e. The molecule has 0 atom stereocenters. The van der Waals surface area contributed by atoms with Crippen molar-refractivity contribution < 1.29 is 34.4 Å². The summed E-state index contributed by atoms with van der Waals surface area (Å²) in [5.41, 5.74) is -4.55. The van der Waals surface area contributed by atoms with Gasteiger partial charge in [0.2, 0.25) is 0 Å². The zero-order valence-corrected chi connectivity index (χ0v) is 16.5. The Morgan fingerprint density at radius 3 is 1.47 bits per heavy atom. The molecular formula is C17H23N3O10. The minimum absolute atomic E-state index is 0.0292. The number of ether oxygens (including phenoxy) is 2. The van der Waals surface area contributed by atoms with Crippen LogP contribution >= 0.6 is 0 Å². The molecule has 1 aromatic rings. The van der Waals surface area contributed by atoms with E-state index in [1.165, 1.54) is 13.8 Å². The number of nitrogens with zero attached hydrogens (tertiary/aromatic N) is 3. The SMILES string of the molecule is C=C(C)C(=O)OC(CO)(OC(=O)C(=C)C)n1c(=O)n(CCO)c(=O)n(CCO)c1=O. The second-order valence-corrected chi connectivity index (χ2v) is 6.14. The monoisotopic (exact) mass is 429 g/mol. The Morgan fingerprint density at radius 2 is 1.20 bits per heavy atom. The van der Waals surface area contributed by atoms with Crippen molar-refractivity contribution in [3.05, 3.63) is 55.8 Å². The summed E-state index contributed by atoms with van der Waals surface area (Å²) >= 11 is 0. The molecule has 1 rings (SSSR count). The zero-order chi connectivity index (χ0) is 23.2. The summed E-state index contributed by atoms with van der Waals surface area (Å²) in [6.45, 7) is 5.10. The normalized spacial score (nSPS) is 11.1. The topological polar surface area (TPSA) is 179 Å². The molecule has 0 aliphatic heterocycles. The van der Waals surface area contributed by atoms with Crippen LogP contribution in [-0.4, -0.2) is 60.8 Å². The first kappa shape index (κ1) is 24.7. The summed E-state index contributed by atoms with van der Waals surface area (Å²) in [5, 5.41) is 28.3. The van der Waals surface area contributed by atoms with Crippen LogP contribution in [0.3, 0.4) is 0 Å². The fourth-order valence-corrected chi connectivity index (χ4v) is 2.22. The molecule has 0 aromatic carbocycles. The van der Waals surface area contributed by atoms with Gasteiger partial charge in [-0.05, 0) is 13.8 Å². The van der Waals surface area contributed by atoms with E-state index >= 15 is 0 Å². The van der Waals surface area contributed by atoms with Gasteiger partial charge >= 0.3 is 34.9 Å². The Hall–Kier alpha value is -3.29. The summed E-state index contributed by atoms with van der Waals surface area (Å²) < 4.78 is 10.7. The van der Waals surface area contributed by atoms with Gasteiger partial charge in [-0.25, -0.2) is 33.1 Å². The van der Waals surface area contributed by atoms with E-state index < -0.39 is 67.8 Å². The highest BCUT2D eigenvalue weighted by Crippen LogP contribution is 2.20. The molecule has 0 unspecified atom stereocenters. The second kappa shape index (κ2) is 9.96. The Kier molecular flexibility index (Phi) is 8.21. The highest BCUT2D eigenvalue weighted by Gasteiger charge is 2.45. The van der Waals surface area contributed by atoms with Crippen LogP contribution in [0.2, 0.25) is 0 Å². The van der Waals surface area contributed by atoms with Crippen LogP contribution in [-0.2, 0) is 38.1 Å². The molecule has 13 nitrogen and oxygen atoms in total. The van der Waals surface area contributed by atoms with Crippen molar-refractivity contribution in [2.45, 2.75) is 32.8 Å². The zero-order valence-electron chi connectivity index (χ0n) is 16.5. The van der Waals surface area contributed by atoms with E-state index in [2.05, 4.69) is 13.2 Å². The number of aromatic nitrogens is 3. The van der Waals surface area contributed by atoms with Crippen LogP contribution in [0.5, 0.6) is 0 Å². The molecule has 0 radical (unpaired) electrons. The lowest BCUT2D eigenvalue weighted by Crippen LogP contribution is -2.64.